The molecule has 0 aromatic heterocycles. The van der Waals surface area contributed by atoms with Gasteiger partial charge in [-0.15, -0.1) is 0 Å². The summed E-state index contributed by atoms with van der Waals surface area (Å²) in [6.45, 7) is 8.81. The highest BCUT2D eigenvalue weighted by atomic mass is 32.2. The van der Waals surface area contributed by atoms with Crippen molar-refractivity contribution in [1.29, 1.82) is 5.41 Å². The van der Waals surface area contributed by atoms with Crippen LogP contribution in [0.4, 0.5) is 0 Å². The number of methoxy groups -OCH3 is 1. The van der Waals surface area contributed by atoms with Crippen LogP contribution < -0.4 is 14.2 Å². The van der Waals surface area contributed by atoms with Gasteiger partial charge in [-0.2, -0.15) is 15.1 Å². The first kappa shape index (κ1) is 24.5. The molecule has 0 spiro atoms. The zero-order valence-electron chi connectivity index (χ0n) is 20.4. The first-order chi connectivity index (χ1) is 16.8. The van der Waals surface area contributed by atoms with Crippen LogP contribution in [0, 0.1) is 25.2 Å². The fourth-order valence-electron chi connectivity index (χ4n) is 3.56. The molecule has 0 bridgehead atoms. The van der Waals surface area contributed by atoms with Crippen LogP contribution in [0.15, 0.2) is 52.1 Å². The van der Waals surface area contributed by atoms with Gasteiger partial charge in [-0.3, -0.25) is 10.2 Å². The van der Waals surface area contributed by atoms with E-state index < -0.39 is 5.91 Å². The van der Waals surface area contributed by atoms with Crippen LogP contribution in [0.25, 0.3) is 6.08 Å². The van der Waals surface area contributed by atoms with Gasteiger partial charge in [-0.25, -0.2) is 0 Å². The van der Waals surface area contributed by atoms with Gasteiger partial charge in [0.1, 0.15) is 24.0 Å². The van der Waals surface area contributed by atoms with Crippen molar-refractivity contribution in [2.45, 2.75) is 27.7 Å². The van der Waals surface area contributed by atoms with E-state index in [2.05, 4.69) is 16.2 Å². The number of amides is 1. The van der Waals surface area contributed by atoms with Crippen molar-refractivity contribution in [2.24, 2.45) is 16.0 Å². The molecule has 0 unspecified atom stereocenters. The number of aryl methyl sites for hydroxylation is 2. The number of carbonyl (C=O) groups is 1. The predicted octanol–water partition coefficient (Wildman–Crippen LogP) is 5.05. The number of nitrogens with one attached hydrogen (secondary N) is 1. The molecule has 2 heterocycles. The Morgan fingerprint density at radius 2 is 1.77 bits per heavy atom. The van der Waals surface area contributed by atoms with Gasteiger partial charge in [-0.1, -0.05) is 37.6 Å². The summed E-state index contributed by atoms with van der Waals surface area (Å²) in [4.78, 5) is 16.8. The lowest BCUT2D eigenvalue weighted by atomic mass is 10.1. The van der Waals surface area contributed by atoms with E-state index in [1.807, 2.05) is 39.8 Å². The molecule has 8 nitrogen and oxygen atoms in total. The summed E-state index contributed by atoms with van der Waals surface area (Å²) in [5.74, 6) is 1.64. The number of hydrogen-bond donors (Lipinski definition) is 1. The Morgan fingerprint density at radius 3 is 2.46 bits per heavy atom. The molecule has 2 aliphatic rings. The molecule has 2 aromatic carbocycles. The highest BCUT2D eigenvalue weighted by Gasteiger charge is 2.36. The maximum absolute atomic E-state index is 12.6. The SMILES string of the molecule is COc1cc(C=C2C(=N)N3N=C(C(C)C)SC3=NC2=O)ccc1OCCOc1ccc(C)cc1C. The van der Waals surface area contributed by atoms with E-state index in [-0.39, 0.29) is 17.3 Å². The molecule has 1 amide bonds. The molecule has 2 aromatic rings. The lowest BCUT2D eigenvalue weighted by Crippen LogP contribution is -2.35. The summed E-state index contributed by atoms with van der Waals surface area (Å²) in [6, 6.07) is 11.4. The number of rotatable bonds is 8. The number of hydrazone groups is 1. The van der Waals surface area contributed by atoms with Gasteiger partial charge in [0.25, 0.3) is 5.91 Å². The van der Waals surface area contributed by atoms with Gasteiger partial charge >= 0.3 is 0 Å². The largest absolute Gasteiger partial charge is 0.493 e. The van der Waals surface area contributed by atoms with Crippen molar-refractivity contribution in [3.8, 4) is 17.2 Å². The van der Waals surface area contributed by atoms with Gasteiger partial charge in [0.05, 0.1) is 12.7 Å². The maximum atomic E-state index is 12.6. The Hall–Kier alpha value is -3.59. The van der Waals surface area contributed by atoms with E-state index >= 15 is 0 Å². The smallest absolute Gasteiger partial charge is 0.283 e. The van der Waals surface area contributed by atoms with Crippen molar-refractivity contribution in [1.82, 2.24) is 5.01 Å². The number of carbonyl (C=O) groups excluding carboxylic acids is 1. The molecule has 2 aliphatic heterocycles. The van der Waals surface area contributed by atoms with Crippen molar-refractivity contribution in [2.75, 3.05) is 20.3 Å². The molecule has 0 aliphatic carbocycles. The first-order valence-electron chi connectivity index (χ1n) is 11.3. The second kappa shape index (κ2) is 10.4. The molecule has 0 saturated heterocycles. The molecule has 9 heteroatoms. The fraction of sp³-hybridized carbons (Fsp3) is 0.308. The second-order valence-electron chi connectivity index (χ2n) is 8.49. The van der Waals surface area contributed by atoms with Gasteiger partial charge in [0, 0.05) is 5.92 Å². The van der Waals surface area contributed by atoms with Crippen molar-refractivity contribution < 1.29 is 19.0 Å². The number of benzene rings is 2. The number of nitrogens with zero attached hydrogens (tertiary/aromatic N) is 3. The maximum Gasteiger partial charge on any atom is 0.283 e. The van der Waals surface area contributed by atoms with Crippen LogP contribution in [0.5, 0.6) is 17.2 Å². The lowest BCUT2D eigenvalue weighted by Gasteiger charge is -2.20. The van der Waals surface area contributed by atoms with E-state index in [1.165, 1.54) is 22.3 Å². The lowest BCUT2D eigenvalue weighted by molar-refractivity contribution is -0.114. The molecule has 35 heavy (non-hydrogen) atoms. The van der Waals surface area contributed by atoms with Gasteiger partial charge in [0.15, 0.2) is 17.3 Å². The third kappa shape index (κ3) is 5.40. The highest BCUT2D eigenvalue weighted by Crippen LogP contribution is 2.32. The Morgan fingerprint density at radius 1 is 1.06 bits per heavy atom. The molecular formula is C26H28N4O4S. The van der Waals surface area contributed by atoms with E-state index in [1.54, 1.807) is 31.4 Å². The molecular weight excluding hydrogens is 464 g/mol. The number of fused-ring (bicyclic) bond motifs is 1. The van der Waals surface area contributed by atoms with Crippen LogP contribution in [-0.4, -0.2) is 47.3 Å². The zero-order valence-corrected chi connectivity index (χ0v) is 21.2. The molecule has 1 N–H and O–H groups in total. The average Bonchev–Trinajstić information content (AvgIpc) is 3.25. The van der Waals surface area contributed by atoms with Crippen molar-refractivity contribution in [3.63, 3.8) is 0 Å². The van der Waals surface area contributed by atoms with E-state index in [0.717, 1.165) is 16.4 Å². The van der Waals surface area contributed by atoms with Crippen LogP contribution in [0.3, 0.4) is 0 Å². The van der Waals surface area contributed by atoms with E-state index in [0.29, 0.717) is 35.4 Å². The summed E-state index contributed by atoms with van der Waals surface area (Å²) in [5.41, 5.74) is 3.13. The summed E-state index contributed by atoms with van der Waals surface area (Å²) >= 11 is 1.33. The van der Waals surface area contributed by atoms with Crippen LogP contribution in [-0.2, 0) is 4.79 Å². The molecule has 0 atom stereocenters. The quantitative estimate of drug-likeness (QED) is 0.409. The minimum atomic E-state index is -0.461. The van der Waals surface area contributed by atoms with Crippen LogP contribution in [0.1, 0.15) is 30.5 Å². The molecule has 4 rings (SSSR count). The molecule has 0 saturated carbocycles. The van der Waals surface area contributed by atoms with E-state index in [4.69, 9.17) is 19.6 Å². The second-order valence-corrected chi connectivity index (χ2v) is 9.48. The summed E-state index contributed by atoms with van der Waals surface area (Å²) in [6.07, 6.45) is 1.62. The monoisotopic (exact) mass is 492 g/mol. The molecule has 0 radical (unpaired) electrons. The summed E-state index contributed by atoms with van der Waals surface area (Å²) in [7, 11) is 1.55. The third-order valence-electron chi connectivity index (χ3n) is 5.39. The summed E-state index contributed by atoms with van der Waals surface area (Å²) < 4.78 is 17.2. The standard InChI is InChI=1S/C26H28N4O4S/c1-15(2)25-29-30-23(27)19(24(31)28-26(30)35-25)13-18-7-9-21(22(14-18)32-5)34-11-10-33-20-8-6-16(3)12-17(20)4/h6-9,12-15,27H,10-11H2,1-5H3. The van der Waals surface area contributed by atoms with Crippen LogP contribution >= 0.6 is 11.8 Å². The Labute approximate surface area is 209 Å². The normalized spacial score (nSPS) is 16.4. The van der Waals surface area contributed by atoms with Crippen LogP contribution in [0.2, 0.25) is 0 Å². The predicted molar refractivity (Wildman–Crippen MR) is 140 cm³/mol. The number of amidine groups is 2. The minimum absolute atomic E-state index is 0.00555. The molecule has 0 fully saturated rings. The number of hydrogen-bond acceptors (Lipinski definition) is 7. The number of aliphatic imine (C=N–C) groups is 1. The highest BCUT2D eigenvalue weighted by molar-refractivity contribution is 8.27. The number of thioether (sulfide) groups is 1. The average molecular weight is 493 g/mol. The zero-order chi connectivity index (χ0) is 25.1. The summed E-state index contributed by atoms with van der Waals surface area (Å²) in [5, 5.41) is 15.6. The topological polar surface area (TPSA) is 96.6 Å². The Bertz CT molecular complexity index is 1270. The van der Waals surface area contributed by atoms with Crippen molar-refractivity contribution in [3.05, 3.63) is 58.7 Å². The fourth-order valence-corrected chi connectivity index (χ4v) is 4.46. The Kier molecular flexibility index (Phi) is 7.25. The third-order valence-corrected chi connectivity index (χ3v) is 6.60. The Balaban J connectivity index is 1.44. The van der Waals surface area contributed by atoms with Gasteiger partial charge < -0.3 is 14.2 Å². The first-order valence-corrected chi connectivity index (χ1v) is 12.1. The molecule has 182 valence electrons. The number of ether oxygens (including phenoxy) is 3. The van der Waals surface area contributed by atoms with Gasteiger partial charge in [-0.05, 0) is 61.0 Å². The van der Waals surface area contributed by atoms with E-state index in [9.17, 15) is 4.79 Å². The van der Waals surface area contributed by atoms with Gasteiger partial charge in [0.2, 0.25) is 5.17 Å². The minimum Gasteiger partial charge on any atom is -0.493 e. The van der Waals surface area contributed by atoms with Crippen molar-refractivity contribution >= 4 is 39.8 Å².